The number of nitrogens with two attached hydrogens (primary N) is 1. The van der Waals surface area contributed by atoms with E-state index < -0.39 is 5.82 Å². The number of nitrogen functional groups attached to an aromatic ring is 1. The van der Waals surface area contributed by atoms with Gasteiger partial charge in [-0.1, -0.05) is 20.8 Å². The van der Waals surface area contributed by atoms with E-state index in [4.69, 9.17) is 5.73 Å². The molecule has 0 bridgehead atoms. The quantitative estimate of drug-likeness (QED) is 0.864. The monoisotopic (exact) mass is 263 g/mol. The van der Waals surface area contributed by atoms with E-state index in [1.165, 1.54) is 12.1 Å². The molecule has 0 aliphatic rings. The number of hydrogen-bond acceptors (Lipinski definition) is 4. The fraction of sp³-hybridized carbons (Fsp3) is 0.462. The van der Waals surface area contributed by atoms with Gasteiger partial charge >= 0.3 is 0 Å². The van der Waals surface area contributed by atoms with Crippen LogP contribution in [0.25, 0.3) is 11.4 Å². The van der Waals surface area contributed by atoms with Gasteiger partial charge in [0, 0.05) is 12.1 Å². The highest BCUT2D eigenvalue weighted by molar-refractivity contribution is 5.58. The third kappa shape index (κ3) is 3.27. The maximum Gasteiger partial charge on any atom is 0.182 e. The van der Waals surface area contributed by atoms with Gasteiger partial charge in [0.05, 0.1) is 5.69 Å². The van der Waals surface area contributed by atoms with Crippen molar-refractivity contribution < 1.29 is 4.39 Å². The number of anilines is 1. The van der Waals surface area contributed by atoms with Gasteiger partial charge in [-0.05, 0) is 40.5 Å². The predicted octanol–water partition coefficient (Wildman–Crippen LogP) is 2.50. The highest BCUT2D eigenvalue weighted by Gasteiger charge is 2.15. The molecule has 2 N–H and O–H groups in total. The van der Waals surface area contributed by atoms with Crippen LogP contribution in [0.5, 0.6) is 0 Å². The van der Waals surface area contributed by atoms with Crippen LogP contribution in [-0.2, 0) is 6.54 Å². The number of aromatic nitrogens is 4. The van der Waals surface area contributed by atoms with E-state index in [1.807, 2.05) is 0 Å². The molecule has 19 heavy (non-hydrogen) atoms. The maximum atomic E-state index is 13.5. The third-order valence-corrected chi connectivity index (χ3v) is 2.86. The average molecular weight is 263 g/mol. The molecule has 0 saturated heterocycles. The van der Waals surface area contributed by atoms with Crippen molar-refractivity contribution in [1.82, 2.24) is 20.2 Å². The Kier molecular flexibility index (Phi) is 3.50. The molecule has 0 amide bonds. The molecule has 102 valence electrons. The molecule has 5 nitrogen and oxygen atoms in total. The van der Waals surface area contributed by atoms with Crippen molar-refractivity contribution in [1.29, 1.82) is 0 Å². The van der Waals surface area contributed by atoms with Crippen LogP contribution in [0.3, 0.4) is 0 Å². The molecule has 2 aromatic rings. The SMILES string of the molecule is CC(C)(C)CCn1nnnc1-c1ccc(N)c(F)c1. The zero-order chi connectivity index (χ0) is 14.0. The maximum absolute atomic E-state index is 13.5. The third-order valence-electron chi connectivity index (χ3n) is 2.86. The number of halogens is 1. The van der Waals surface area contributed by atoms with Gasteiger partial charge in [-0.15, -0.1) is 5.10 Å². The molecule has 0 spiro atoms. The number of hydrogen-bond donors (Lipinski definition) is 1. The number of benzene rings is 1. The van der Waals surface area contributed by atoms with E-state index in [2.05, 4.69) is 36.3 Å². The van der Waals surface area contributed by atoms with Crippen LogP contribution in [0.2, 0.25) is 0 Å². The van der Waals surface area contributed by atoms with Crippen molar-refractivity contribution in [2.45, 2.75) is 33.7 Å². The average Bonchev–Trinajstić information content (AvgIpc) is 2.77. The van der Waals surface area contributed by atoms with Crippen molar-refractivity contribution in [2.75, 3.05) is 5.73 Å². The molecular formula is C13H18FN5. The van der Waals surface area contributed by atoms with Crippen molar-refractivity contribution in [3.63, 3.8) is 0 Å². The summed E-state index contributed by atoms with van der Waals surface area (Å²) in [7, 11) is 0. The van der Waals surface area contributed by atoms with Crippen LogP contribution in [0.4, 0.5) is 10.1 Å². The summed E-state index contributed by atoms with van der Waals surface area (Å²) >= 11 is 0. The summed E-state index contributed by atoms with van der Waals surface area (Å²) in [6.07, 6.45) is 0.933. The highest BCUT2D eigenvalue weighted by atomic mass is 19.1. The lowest BCUT2D eigenvalue weighted by molar-refractivity contribution is 0.340. The number of aryl methyl sites for hydroxylation is 1. The summed E-state index contributed by atoms with van der Waals surface area (Å²) in [6.45, 7) is 7.15. The Morgan fingerprint density at radius 1 is 1.32 bits per heavy atom. The topological polar surface area (TPSA) is 69.6 Å². The first-order valence-corrected chi connectivity index (χ1v) is 6.18. The second-order valence-corrected chi connectivity index (χ2v) is 5.77. The Labute approximate surface area is 111 Å². The fourth-order valence-corrected chi connectivity index (χ4v) is 1.67. The summed E-state index contributed by atoms with van der Waals surface area (Å²) in [6, 6.07) is 4.60. The fourth-order valence-electron chi connectivity index (χ4n) is 1.67. The molecule has 0 saturated carbocycles. The molecule has 1 heterocycles. The second kappa shape index (κ2) is 4.95. The second-order valence-electron chi connectivity index (χ2n) is 5.77. The molecule has 0 aliphatic carbocycles. The van der Waals surface area contributed by atoms with Gasteiger partial charge < -0.3 is 5.73 Å². The van der Waals surface area contributed by atoms with E-state index in [9.17, 15) is 4.39 Å². The van der Waals surface area contributed by atoms with Gasteiger partial charge in [-0.3, -0.25) is 0 Å². The van der Waals surface area contributed by atoms with Crippen molar-refractivity contribution in [3.05, 3.63) is 24.0 Å². The number of nitrogens with zero attached hydrogens (tertiary/aromatic N) is 4. The highest BCUT2D eigenvalue weighted by Crippen LogP contribution is 2.23. The molecule has 2 rings (SSSR count). The molecule has 0 atom stereocenters. The van der Waals surface area contributed by atoms with Crippen LogP contribution >= 0.6 is 0 Å². The van der Waals surface area contributed by atoms with Gasteiger partial charge in [0.25, 0.3) is 0 Å². The first-order chi connectivity index (χ1) is 8.87. The predicted molar refractivity (Wildman–Crippen MR) is 71.7 cm³/mol. The van der Waals surface area contributed by atoms with E-state index in [0.717, 1.165) is 6.42 Å². The van der Waals surface area contributed by atoms with Gasteiger partial charge in [0.15, 0.2) is 5.82 Å². The Hall–Kier alpha value is -1.98. The summed E-state index contributed by atoms with van der Waals surface area (Å²) in [5.74, 6) is 0.103. The zero-order valence-electron chi connectivity index (χ0n) is 11.4. The summed E-state index contributed by atoms with van der Waals surface area (Å²) in [4.78, 5) is 0. The van der Waals surface area contributed by atoms with E-state index in [1.54, 1.807) is 10.7 Å². The van der Waals surface area contributed by atoms with Crippen molar-refractivity contribution in [2.24, 2.45) is 5.41 Å². The molecule has 0 aliphatic heterocycles. The number of tetrazole rings is 1. The Morgan fingerprint density at radius 2 is 2.05 bits per heavy atom. The summed E-state index contributed by atoms with van der Waals surface area (Å²) < 4.78 is 15.2. The normalized spacial score (nSPS) is 11.8. The molecule has 1 aromatic heterocycles. The van der Waals surface area contributed by atoms with E-state index in [0.29, 0.717) is 17.9 Å². The van der Waals surface area contributed by atoms with Crippen LogP contribution in [0.15, 0.2) is 18.2 Å². The minimum Gasteiger partial charge on any atom is -0.396 e. The first kappa shape index (κ1) is 13.5. The number of rotatable bonds is 3. The summed E-state index contributed by atoms with van der Waals surface area (Å²) in [5, 5.41) is 11.6. The van der Waals surface area contributed by atoms with Gasteiger partial charge in [-0.25, -0.2) is 9.07 Å². The van der Waals surface area contributed by atoms with Crippen molar-refractivity contribution >= 4 is 5.69 Å². The zero-order valence-corrected chi connectivity index (χ0v) is 11.4. The largest absolute Gasteiger partial charge is 0.396 e. The van der Waals surface area contributed by atoms with E-state index >= 15 is 0 Å². The molecule has 0 radical (unpaired) electrons. The van der Waals surface area contributed by atoms with Crippen LogP contribution in [-0.4, -0.2) is 20.2 Å². The lowest BCUT2D eigenvalue weighted by Gasteiger charge is -2.17. The Bertz CT molecular complexity index is 571. The molecular weight excluding hydrogens is 245 g/mol. The Morgan fingerprint density at radius 3 is 2.68 bits per heavy atom. The lowest BCUT2D eigenvalue weighted by Crippen LogP contribution is -2.12. The lowest BCUT2D eigenvalue weighted by atomic mass is 9.92. The van der Waals surface area contributed by atoms with Gasteiger partial charge in [0.1, 0.15) is 5.82 Å². The van der Waals surface area contributed by atoms with Gasteiger partial charge in [0.2, 0.25) is 0 Å². The van der Waals surface area contributed by atoms with Crippen LogP contribution in [0, 0.1) is 11.2 Å². The smallest absolute Gasteiger partial charge is 0.182 e. The van der Waals surface area contributed by atoms with Crippen LogP contribution < -0.4 is 5.73 Å². The Balaban J connectivity index is 2.26. The first-order valence-electron chi connectivity index (χ1n) is 6.18. The van der Waals surface area contributed by atoms with Gasteiger partial charge in [-0.2, -0.15) is 0 Å². The van der Waals surface area contributed by atoms with Crippen molar-refractivity contribution in [3.8, 4) is 11.4 Å². The van der Waals surface area contributed by atoms with Crippen LogP contribution in [0.1, 0.15) is 27.2 Å². The standard InChI is InChI=1S/C13H18FN5/c1-13(2,3)6-7-19-12(16-17-18-19)9-4-5-11(15)10(14)8-9/h4-5,8H,6-7,15H2,1-3H3. The minimum absolute atomic E-state index is 0.123. The minimum atomic E-state index is -0.456. The molecule has 0 fully saturated rings. The van der Waals surface area contributed by atoms with E-state index in [-0.39, 0.29) is 11.1 Å². The molecule has 6 heteroatoms. The summed E-state index contributed by atoms with van der Waals surface area (Å²) in [5.41, 5.74) is 6.41. The molecule has 1 aromatic carbocycles. The molecule has 0 unspecified atom stereocenters.